The highest BCUT2D eigenvalue weighted by molar-refractivity contribution is 5.66. The number of aliphatic hydroxyl groups is 2. The summed E-state index contributed by atoms with van der Waals surface area (Å²) in [5, 5.41) is 28.2. The van der Waals surface area contributed by atoms with E-state index in [2.05, 4.69) is 13.0 Å². The van der Waals surface area contributed by atoms with Crippen LogP contribution in [0.5, 0.6) is 0 Å². The lowest BCUT2D eigenvalue weighted by Crippen LogP contribution is -2.24. The average Bonchev–Trinajstić information content (AvgIpc) is 2.55. The van der Waals surface area contributed by atoms with Crippen molar-refractivity contribution in [3.63, 3.8) is 0 Å². The minimum Gasteiger partial charge on any atom is -0.481 e. The summed E-state index contributed by atoms with van der Waals surface area (Å²) in [7, 11) is 0. The number of aliphatic hydroxyl groups excluding tert-OH is 2. The van der Waals surface area contributed by atoms with Crippen molar-refractivity contribution >= 4 is 5.97 Å². The van der Waals surface area contributed by atoms with Crippen LogP contribution in [-0.2, 0) is 4.79 Å². The van der Waals surface area contributed by atoms with Crippen molar-refractivity contribution in [2.45, 2.75) is 83.3 Å². The summed E-state index contributed by atoms with van der Waals surface area (Å²) in [5.74, 6) is -0.758. The van der Waals surface area contributed by atoms with E-state index in [1.807, 2.05) is 30.4 Å². The van der Waals surface area contributed by atoms with E-state index in [4.69, 9.17) is 5.11 Å². The molecule has 0 radical (unpaired) electrons. The zero-order valence-electron chi connectivity index (χ0n) is 14.9. The Kier molecular flexibility index (Phi) is 15.5. The van der Waals surface area contributed by atoms with Crippen LogP contribution in [-0.4, -0.2) is 33.5 Å². The van der Waals surface area contributed by atoms with E-state index < -0.39 is 18.2 Å². The Labute approximate surface area is 146 Å². The number of hydrogen-bond acceptors (Lipinski definition) is 3. The molecular weight excluding hydrogens is 304 g/mol. The van der Waals surface area contributed by atoms with Gasteiger partial charge >= 0.3 is 5.97 Å². The Morgan fingerprint density at radius 2 is 1.38 bits per heavy atom. The predicted molar refractivity (Wildman–Crippen MR) is 98.9 cm³/mol. The van der Waals surface area contributed by atoms with Crippen molar-refractivity contribution in [3.05, 3.63) is 36.5 Å². The topological polar surface area (TPSA) is 77.8 Å². The summed E-state index contributed by atoms with van der Waals surface area (Å²) in [4.78, 5) is 10.3. The molecule has 0 aliphatic carbocycles. The molecule has 0 amide bonds. The summed E-state index contributed by atoms with van der Waals surface area (Å²) in [6.45, 7) is 2.17. The van der Waals surface area contributed by atoms with Crippen LogP contribution in [0.25, 0.3) is 0 Å². The zero-order chi connectivity index (χ0) is 18.0. The molecule has 0 aliphatic heterocycles. The largest absolute Gasteiger partial charge is 0.481 e. The van der Waals surface area contributed by atoms with E-state index in [1.54, 1.807) is 0 Å². The number of carboxylic acid groups (broad SMARTS) is 1. The normalized spacial score (nSPS) is 14.8. The summed E-state index contributed by atoms with van der Waals surface area (Å²) < 4.78 is 0. The minimum absolute atomic E-state index is 0.206. The van der Waals surface area contributed by atoms with E-state index in [9.17, 15) is 15.0 Å². The molecule has 0 fully saturated rings. The van der Waals surface area contributed by atoms with Crippen molar-refractivity contribution in [2.75, 3.05) is 0 Å². The van der Waals surface area contributed by atoms with Crippen molar-refractivity contribution in [1.82, 2.24) is 0 Å². The van der Waals surface area contributed by atoms with Gasteiger partial charge in [0.05, 0.1) is 12.2 Å². The first-order chi connectivity index (χ1) is 11.6. The van der Waals surface area contributed by atoms with E-state index in [1.165, 1.54) is 19.3 Å². The van der Waals surface area contributed by atoms with Gasteiger partial charge in [-0.3, -0.25) is 4.79 Å². The molecule has 2 unspecified atom stereocenters. The lowest BCUT2D eigenvalue weighted by molar-refractivity contribution is -0.137. The smallest absolute Gasteiger partial charge is 0.303 e. The van der Waals surface area contributed by atoms with Gasteiger partial charge in [-0.2, -0.15) is 0 Å². The molecule has 24 heavy (non-hydrogen) atoms. The number of carboxylic acids is 1. The minimum atomic E-state index is -0.758. The summed E-state index contributed by atoms with van der Waals surface area (Å²) >= 11 is 0. The van der Waals surface area contributed by atoms with E-state index in [-0.39, 0.29) is 6.42 Å². The molecule has 4 heteroatoms. The number of carbonyl (C=O) groups is 1. The first-order valence-electron chi connectivity index (χ1n) is 9.10. The number of aliphatic carboxylic acids is 1. The van der Waals surface area contributed by atoms with Crippen LogP contribution in [0.2, 0.25) is 0 Å². The van der Waals surface area contributed by atoms with Crippen molar-refractivity contribution in [3.8, 4) is 0 Å². The van der Waals surface area contributed by atoms with Crippen LogP contribution in [0.1, 0.15) is 71.1 Å². The van der Waals surface area contributed by atoms with Gasteiger partial charge in [-0.1, -0.05) is 56.2 Å². The number of rotatable bonds is 15. The summed E-state index contributed by atoms with van der Waals surface area (Å²) in [6.07, 6.45) is 18.3. The second-order valence-electron chi connectivity index (χ2n) is 6.04. The standard InChI is InChI=1S/C20H34O4/c1-2-3-4-5-9-12-15-18(21)19(22)16-13-10-7-6-8-11-14-17-20(23)24/h6,8-10,12-13,18-19,21-22H,2-5,7,11,14-17H2,1H3,(H,23,24)/b8-6-,12-9-,13-10-. The maximum absolute atomic E-state index is 10.3. The third-order valence-electron chi connectivity index (χ3n) is 3.71. The lowest BCUT2D eigenvalue weighted by Gasteiger charge is -2.14. The van der Waals surface area contributed by atoms with Gasteiger partial charge in [0.25, 0.3) is 0 Å². The fourth-order valence-electron chi connectivity index (χ4n) is 2.18. The van der Waals surface area contributed by atoms with Crippen LogP contribution in [0.15, 0.2) is 36.5 Å². The quantitative estimate of drug-likeness (QED) is 0.306. The third-order valence-corrected chi connectivity index (χ3v) is 3.71. The zero-order valence-corrected chi connectivity index (χ0v) is 14.9. The maximum atomic E-state index is 10.3. The van der Waals surface area contributed by atoms with Gasteiger partial charge in [-0.25, -0.2) is 0 Å². The second kappa shape index (κ2) is 16.5. The molecule has 0 spiro atoms. The highest BCUT2D eigenvalue weighted by Crippen LogP contribution is 2.07. The molecule has 3 N–H and O–H groups in total. The molecule has 0 aromatic carbocycles. The van der Waals surface area contributed by atoms with Crippen LogP contribution in [0.3, 0.4) is 0 Å². The number of unbranched alkanes of at least 4 members (excludes halogenated alkanes) is 4. The molecule has 0 heterocycles. The van der Waals surface area contributed by atoms with E-state index >= 15 is 0 Å². The summed E-state index contributed by atoms with van der Waals surface area (Å²) in [6, 6.07) is 0. The van der Waals surface area contributed by atoms with Gasteiger partial charge in [-0.05, 0) is 44.9 Å². The van der Waals surface area contributed by atoms with Crippen LogP contribution in [0, 0.1) is 0 Å². The lowest BCUT2D eigenvalue weighted by atomic mass is 10.1. The Bertz CT molecular complexity index is 385. The highest BCUT2D eigenvalue weighted by atomic mass is 16.4. The van der Waals surface area contributed by atoms with Crippen molar-refractivity contribution < 1.29 is 20.1 Å². The van der Waals surface area contributed by atoms with Crippen LogP contribution >= 0.6 is 0 Å². The van der Waals surface area contributed by atoms with Gasteiger partial charge < -0.3 is 15.3 Å². The molecule has 0 rings (SSSR count). The van der Waals surface area contributed by atoms with Gasteiger partial charge in [0.15, 0.2) is 0 Å². The molecular formula is C20H34O4. The predicted octanol–water partition coefficient (Wildman–Crippen LogP) is 4.38. The molecule has 4 nitrogen and oxygen atoms in total. The molecule has 138 valence electrons. The molecule has 2 atom stereocenters. The molecule has 0 aliphatic rings. The van der Waals surface area contributed by atoms with Gasteiger partial charge in [0, 0.05) is 6.42 Å². The maximum Gasteiger partial charge on any atom is 0.303 e. The Morgan fingerprint density at radius 3 is 2.00 bits per heavy atom. The molecule has 0 saturated carbocycles. The van der Waals surface area contributed by atoms with Crippen LogP contribution < -0.4 is 0 Å². The first-order valence-corrected chi connectivity index (χ1v) is 9.10. The average molecular weight is 338 g/mol. The van der Waals surface area contributed by atoms with E-state index in [0.29, 0.717) is 19.3 Å². The Morgan fingerprint density at radius 1 is 0.833 bits per heavy atom. The van der Waals surface area contributed by atoms with Crippen molar-refractivity contribution in [1.29, 1.82) is 0 Å². The number of allylic oxidation sites excluding steroid dienone is 4. The summed E-state index contributed by atoms with van der Waals surface area (Å²) in [5.41, 5.74) is 0. The molecule has 0 bridgehead atoms. The van der Waals surface area contributed by atoms with Gasteiger partial charge in [0.1, 0.15) is 0 Å². The Hall–Kier alpha value is -1.39. The fourth-order valence-corrected chi connectivity index (χ4v) is 2.18. The monoisotopic (exact) mass is 338 g/mol. The van der Waals surface area contributed by atoms with Gasteiger partial charge in [0.2, 0.25) is 0 Å². The number of hydrogen-bond donors (Lipinski definition) is 3. The highest BCUT2D eigenvalue weighted by Gasteiger charge is 2.12. The first kappa shape index (κ1) is 22.6. The van der Waals surface area contributed by atoms with Gasteiger partial charge in [-0.15, -0.1) is 0 Å². The fraction of sp³-hybridized carbons (Fsp3) is 0.650. The van der Waals surface area contributed by atoms with Crippen molar-refractivity contribution in [2.24, 2.45) is 0 Å². The Balaban J connectivity index is 3.69. The molecule has 0 aromatic rings. The SMILES string of the molecule is CCCCC/C=C\CC(O)C(O)C/C=C\C/C=C\CCCC(=O)O. The second-order valence-corrected chi connectivity index (χ2v) is 6.04. The van der Waals surface area contributed by atoms with E-state index in [0.717, 1.165) is 19.3 Å². The third kappa shape index (κ3) is 15.5. The molecule has 0 saturated heterocycles. The van der Waals surface area contributed by atoms with Crippen LogP contribution in [0.4, 0.5) is 0 Å². The molecule has 0 aromatic heterocycles.